The third kappa shape index (κ3) is 4.17. The van der Waals surface area contributed by atoms with Gasteiger partial charge < -0.3 is 16.2 Å². The SMILES string of the molecule is COC.Nc1ccc(-c2ccc(N)cc2)cc1. The van der Waals surface area contributed by atoms with Gasteiger partial charge in [-0.15, -0.1) is 0 Å². The molecule has 4 N–H and O–H groups in total. The van der Waals surface area contributed by atoms with Crippen molar-refractivity contribution in [1.29, 1.82) is 0 Å². The lowest BCUT2D eigenvalue weighted by molar-refractivity contribution is 0.277. The molecule has 0 aliphatic carbocycles. The molecule has 0 fully saturated rings. The van der Waals surface area contributed by atoms with Crippen molar-refractivity contribution in [3.05, 3.63) is 48.5 Å². The van der Waals surface area contributed by atoms with Crippen molar-refractivity contribution in [2.45, 2.75) is 0 Å². The van der Waals surface area contributed by atoms with Gasteiger partial charge in [-0.1, -0.05) is 24.3 Å². The van der Waals surface area contributed by atoms with Crippen LogP contribution < -0.4 is 11.5 Å². The van der Waals surface area contributed by atoms with Crippen LogP contribution in [-0.4, -0.2) is 14.2 Å². The summed E-state index contributed by atoms with van der Waals surface area (Å²) in [6.45, 7) is 0. The zero-order valence-corrected chi connectivity index (χ0v) is 10.2. The lowest BCUT2D eigenvalue weighted by Gasteiger charge is -2.02. The van der Waals surface area contributed by atoms with E-state index in [1.165, 1.54) is 0 Å². The topological polar surface area (TPSA) is 61.3 Å². The van der Waals surface area contributed by atoms with Crippen LogP contribution in [0.3, 0.4) is 0 Å². The lowest BCUT2D eigenvalue weighted by Crippen LogP contribution is -1.85. The number of nitrogens with two attached hydrogens (primary N) is 2. The average Bonchev–Trinajstić information content (AvgIpc) is 2.32. The number of hydrogen-bond acceptors (Lipinski definition) is 3. The fraction of sp³-hybridized carbons (Fsp3) is 0.143. The predicted molar refractivity (Wildman–Crippen MR) is 73.6 cm³/mol. The van der Waals surface area contributed by atoms with E-state index in [2.05, 4.69) is 4.74 Å². The molecule has 0 saturated heterocycles. The van der Waals surface area contributed by atoms with E-state index in [1.54, 1.807) is 14.2 Å². The van der Waals surface area contributed by atoms with Crippen LogP contribution in [0, 0.1) is 0 Å². The minimum absolute atomic E-state index is 0.782. The maximum atomic E-state index is 5.61. The van der Waals surface area contributed by atoms with Crippen LogP contribution in [0.1, 0.15) is 0 Å². The van der Waals surface area contributed by atoms with Crippen molar-refractivity contribution in [1.82, 2.24) is 0 Å². The summed E-state index contributed by atoms with van der Waals surface area (Å²) in [5.41, 5.74) is 15.1. The van der Waals surface area contributed by atoms with Gasteiger partial charge in [0, 0.05) is 25.6 Å². The Morgan fingerprint density at radius 1 is 0.647 bits per heavy atom. The Morgan fingerprint density at radius 2 is 0.882 bits per heavy atom. The van der Waals surface area contributed by atoms with Crippen molar-refractivity contribution in [3.8, 4) is 11.1 Å². The molecule has 17 heavy (non-hydrogen) atoms. The highest BCUT2D eigenvalue weighted by Crippen LogP contribution is 2.21. The van der Waals surface area contributed by atoms with Crippen LogP contribution in [0.25, 0.3) is 11.1 Å². The zero-order chi connectivity index (χ0) is 12.7. The van der Waals surface area contributed by atoms with E-state index in [9.17, 15) is 0 Å². The van der Waals surface area contributed by atoms with Gasteiger partial charge in [0.2, 0.25) is 0 Å². The van der Waals surface area contributed by atoms with Gasteiger partial charge in [0.25, 0.3) is 0 Å². The number of anilines is 2. The number of rotatable bonds is 1. The van der Waals surface area contributed by atoms with E-state index >= 15 is 0 Å². The third-order valence-electron chi connectivity index (χ3n) is 2.15. The summed E-state index contributed by atoms with van der Waals surface area (Å²) in [7, 11) is 3.25. The molecule has 0 amide bonds. The number of methoxy groups -OCH3 is 1. The Labute approximate surface area is 102 Å². The maximum Gasteiger partial charge on any atom is 0.0351 e. The fourth-order valence-electron chi connectivity index (χ4n) is 1.35. The molecule has 0 spiro atoms. The van der Waals surface area contributed by atoms with Crippen LogP contribution in [0.4, 0.5) is 11.4 Å². The number of ether oxygens (including phenoxy) is 1. The first-order valence-corrected chi connectivity index (χ1v) is 5.29. The Morgan fingerprint density at radius 3 is 1.12 bits per heavy atom. The van der Waals surface area contributed by atoms with E-state index < -0.39 is 0 Å². The third-order valence-corrected chi connectivity index (χ3v) is 2.15. The Kier molecular flexibility index (Phi) is 5.04. The summed E-state index contributed by atoms with van der Waals surface area (Å²) < 4.78 is 4.25. The smallest absolute Gasteiger partial charge is 0.0351 e. The van der Waals surface area contributed by atoms with Gasteiger partial charge in [0.05, 0.1) is 0 Å². The summed E-state index contributed by atoms with van der Waals surface area (Å²) in [6, 6.07) is 15.6. The second-order valence-corrected chi connectivity index (χ2v) is 3.65. The van der Waals surface area contributed by atoms with Gasteiger partial charge in [-0.05, 0) is 35.4 Å². The largest absolute Gasteiger partial charge is 0.399 e. The van der Waals surface area contributed by atoms with Gasteiger partial charge in [-0.25, -0.2) is 0 Å². The molecule has 3 heteroatoms. The molecule has 90 valence electrons. The minimum atomic E-state index is 0.782. The molecule has 2 aromatic rings. The van der Waals surface area contributed by atoms with Gasteiger partial charge in [-0.2, -0.15) is 0 Å². The minimum Gasteiger partial charge on any atom is -0.399 e. The van der Waals surface area contributed by atoms with Crippen molar-refractivity contribution in [2.75, 3.05) is 25.7 Å². The summed E-state index contributed by atoms with van der Waals surface area (Å²) in [5, 5.41) is 0. The molecular formula is C14H18N2O. The van der Waals surface area contributed by atoms with Gasteiger partial charge in [0.15, 0.2) is 0 Å². The Hall–Kier alpha value is -2.00. The lowest BCUT2D eigenvalue weighted by atomic mass is 10.1. The molecule has 2 aromatic carbocycles. The van der Waals surface area contributed by atoms with Gasteiger partial charge in [-0.3, -0.25) is 0 Å². The first-order valence-electron chi connectivity index (χ1n) is 5.29. The molecular weight excluding hydrogens is 212 g/mol. The molecule has 0 unspecified atom stereocenters. The molecule has 3 nitrogen and oxygen atoms in total. The van der Waals surface area contributed by atoms with Crippen molar-refractivity contribution in [3.63, 3.8) is 0 Å². The van der Waals surface area contributed by atoms with Crippen LogP contribution in [0.15, 0.2) is 48.5 Å². The van der Waals surface area contributed by atoms with Crippen LogP contribution in [-0.2, 0) is 4.74 Å². The van der Waals surface area contributed by atoms with Crippen LogP contribution >= 0.6 is 0 Å². The second-order valence-electron chi connectivity index (χ2n) is 3.65. The number of hydrogen-bond donors (Lipinski definition) is 2. The van der Waals surface area contributed by atoms with E-state index in [0.717, 1.165) is 22.5 Å². The second kappa shape index (κ2) is 6.55. The summed E-state index contributed by atoms with van der Waals surface area (Å²) in [4.78, 5) is 0. The van der Waals surface area contributed by atoms with Crippen LogP contribution in [0.2, 0.25) is 0 Å². The van der Waals surface area contributed by atoms with E-state index in [4.69, 9.17) is 11.5 Å². The molecule has 0 aliphatic rings. The summed E-state index contributed by atoms with van der Waals surface area (Å²) in [6.07, 6.45) is 0. The fourth-order valence-corrected chi connectivity index (χ4v) is 1.35. The Bertz CT molecular complexity index is 391. The molecule has 0 saturated carbocycles. The monoisotopic (exact) mass is 230 g/mol. The molecule has 0 aromatic heterocycles. The first kappa shape index (κ1) is 13.1. The molecule has 0 aliphatic heterocycles. The normalized spacial score (nSPS) is 9.29. The highest BCUT2D eigenvalue weighted by Gasteiger charge is 1.95. The van der Waals surface area contributed by atoms with Crippen molar-refractivity contribution < 1.29 is 4.74 Å². The molecule has 0 bridgehead atoms. The molecule has 2 rings (SSSR count). The predicted octanol–water partition coefficient (Wildman–Crippen LogP) is 2.78. The number of benzene rings is 2. The first-order chi connectivity index (χ1) is 8.17. The maximum absolute atomic E-state index is 5.61. The summed E-state index contributed by atoms with van der Waals surface area (Å²) in [5.74, 6) is 0. The Balaban J connectivity index is 0.000000437. The van der Waals surface area contributed by atoms with Crippen molar-refractivity contribution in [2.24, 2.45) is 0 Å². The quantitative estimate of drug-likeness (QED) is 0.740. The average molecular weight is 230 g/mol. The summed E-state index contributed by atoms with van der Waals surface area (Å²) >= 11 is 0. The zero-order valence-electron chi connectivity index (χ0n) is 10.2. The highest BCUT2D eigenvalue weighted by molar-refractivity contribution is 5.67. The van der Waals surface area contributed by atoms with E-state index in [0.29, 0.717) is 0 Å². The molecule has 0 radical (unpaired) electrons. The standard InChI is InChI=1S/C12H12N2.C2H6O/c13-11-5-1-9(2-6-11)10-3-7-12(14)8-4-10;1-3-2/h1-8H,13-14H2;1-2H3. The van der Waals surface area contributed by atoms with Crippen molar-refractivity contribution >= 4 is 11.4 Å². The molecule has 0 heterocycles. The van der Waals surface area contributed by atoms with Crippen LogP contribution in [0.5, 0.6) is 0 Å². The van der Waals surface area contributed by atoms with Gasteiger partial charge >= 0.3 is 0 Å². The number of nitrogen functional groups attached to an aromatic ring is 2. The highest BCUT2D eigenvalue weighted by atomic mass is 16.4. The molecule has 0 atom stereocenters. The van der Waals surface area contributed by atoms with Gasteiger partial charge in [0.1, 0.15) is 0 Å². The van der Waals surface area contributed by atoms with E-state index in [1.807, 2.05) is 48.5 Å². The van der Waals surface area contributed by atoms with E-state index in [-0.39, 0.29) is 0 Å².